The molecule has 1 aliphatic heterocycles. The van der Waals surface area contributed by atoms with Crippen LogP contribution in [0, 0.1) is 31.6 Å². The van der Waals surface area contributed by atoms with Crippen molar-refractivity contribution in [1.82, 2.24) is 0 Å². The molecule has 0 saturated heterocycles. The minimum atomic E-state index is -0.157. The van der Waals surface area contributed by atoms with Crippen molar-refractivity contribution in [2.24, 2.45) is 0 Å². The number of hydrogen-bond acceptors (Lipinski definition) is 1. The zero-order valence-electron chi connectivity index (χ0n) is 9.21. The lowest BCUT2D eigenvalue weighted by atomic mass is 10.00. The van der Waals surface area contributed by atoms with Crippen LogP contribution >= 0.6 is 23.2 Å². The van der Waals surface area contributed by atoms with Gasteiger partial charge in [0.05, 0.1) is 10.7 Å². The van der Waals surface area contributed by atoms with Gasteiger partial charge in [0, 0.05) is 22.1 Å². The summed E-state index contributed by atoms with van der Waals surface area (Å²) in [6, 6.07) is 3.36. The van der Waals surface area contributed by atoms with Crippen molar-refractivity contribution < 1.29 is 4.79 Å². The molecule has 2 aliphatic rings. The Morgan fingerprint density at radius 1 is 1.11 bits per heavy atom. The number of carbonyl (C=O) groups is 1. The van der Waals surface area contributed by atoms with Crippen molar-refractivity contribution in [2.45, 2.75) is 0 Å². The number of amides is 1. The smallest absolute Gasteiger partial charge is 0.256 e. The molecular weight excluding hydrogens is 269 g/mol. The molecule has 89 valence electrons. The maximum absolute atomic E-state index is 11.9. The third-order valence-corrected chi connectivity index (χ3v) is 3.34. The molecule has 2 nitrogen and oxygen atoms in total. The topological polar surface area (TPSA) is 29.1 Å². The first-order chi connectivity index (χ1) is 8.65. The lowest BCUT2D eigenvalue weighted by molar-refractivity contribution is -0.110. The molecule has 1 aliphatic carbocycles. The van der Waals surface area contributed by atoms with E-state index in [1.54, 1.807) is 12.1 Å². The molecule has 1 heterocycles. The highest BCUT2D eigenvalue weighted by molar-refractivity contribution is 6.41. The number of carbonyl (C=O) groups excluding carboxylic acids is 1. The van der Waals surface area contributed by atoms with Gasteiger partial charge in [-0.3, -0.25) is 4.79 Å². The number of allylic oxidation sites excluding steroid dienone is 1. The molecule has 1 aromatic carbocycles. The van der Waals surface area contributed by atoms with Crippen LogP contribution in [0.2, 0.25) is 10.0 Å². The number of halogens is 2. The molecule has 5 radical (unpaired) electrons. The number of nitrogens with one attached hydrogen (secondary N) is 1. The Hall–Kier alpha value is -0.990. The standard InChI is InChI=1S/C14H8Cl2NO/c15-9-6-10-11(5-8-3-1-2-4-8)14(18)17-13(10)12(16)7-9/h1-7H,(H,17,18)/b11-5-. The average Bonchev–Trinajstić information content (AvgIpc) is 2.91. The zero-order valence-corrected chi connectivity index (χ0v) is 10.7. The molecule has 4 heteroatoms. The highest BCUT2D eigenvalue weighted by atomic mass is 35.5. The Morgan fingerprint density at radius 3 is 2.56 bits per heavy atom. The Kier molecular flexibility index (Phi) is 3.08. The van der Waals surface area contributed by atoms with Gasteiger partial charge in [0.15, 0.2) is 0 Å². The lowest BCUT2D eigenvalue weighted by Gasteiger charge is -2.04. The van der Waals surface area contributed by atoms with E-state index >= 15 is 0 Å². The first kappa shape index (κ1) is 12.1. The van der Waals surface area contributed by atoms with Gasteiger partial charge in [0.1, 0.15) is 0 Å². The maximum Gasteiger partial charge on any atom is 0.256 e. The monoisotopic (exact) mass is 276 g/mol. The summed E-state index contributed by atoms with van der Waals surface area (Å²) >= 11 is 12.0. The van der Waals surface area contributed by atoms with E-state index < -0.39 is 0 Å². The summed E-state index contributed by atoms with van der Waals surface area (Å²) in [4.78, 5) is 11.9. The lowest BCUT2D eigenvalue weighted by Crippen LogP contribution is -2.05. The zero-order chi connectivity index (χ0) is 12.7. The molecule has 1 fully saturated rings. The molecule has 0 atom stereocenters. The second kappa shape index (κ2) is 4.60. The molecule has 18 heavy (non-hydrogen) atoms. The molecule has 1 aromatic rings. The molecular formula is C14H8Cl2NO. The van der Waals surface area contributed by atoms with Gasteiger partial charge in [-0.2, -0.15) is 0 Å². The van der Waals surface area contributed by atoms with E-state index in [-0.39, 0.29) is 5.91 Å². The molecule has 1 N–H and O–H groups in total. The first-order valence-corrected chi connectivity index (χ1v) is 6.15. The van der Waals surface area contributed by atoms with Crippen molar-refractivity contribution in [3.8, 4) is 0 Å². The molecule has 0 spiro atoms. The van der Waals surface area contributed by atoms with Crippen LogP contribution in [0.3, 0.4) is 0 Å². The van der Waals surface area contributed by atoms with Gasteiger partial charge in [0.25, 0.3) is 5.91 Å². The summed E-state index contributed by atoms with van der Waals surface area (Å²) in [5.41, 5.74) is 1.96. The van der Waals surface area contributed by atoms with Crippen LogP contribution in [-0.2, 0) is 4.79 Å². The highest BCUT2D eigenvalue weighted by Gasteiger charge is 2.28. The highest BCUT2D eigenvalue weighted by Crippen LogP contribution is 2.41. The molecule has 0 aromatic heterocycles. The quantitative estimate of drug-likeness (QED) is 0.778. The Morgan fingerprint density at radius 2 is 1.83 bits per heavy atom. The molecule has 1 amide bonds. The van der Waals surface area contributed by atoms with Crippen LogP contribution in [0.25, 0.3) is 5.57 Å². The second-order valence-electron chi connectivity index (χ2n) is 4.04. The molecule has 0 unspecified atom stereocenters. The predicted octanol–water partition coefficient (Wildman–Crippen LogP) is 3.73. The van der Waals surface area contributed by atoms with E-state index in [0.717, 1.165) is 11.5 Å². The van der Waals surface area contributed by atoms with Crippen LogP contribution in [0.15, 0.2) is 18.2 Å². The van der Waals surface area contributed by atoms with E-state index in [0.29, 0.717) is 21.3 Å². The van der Waals surface area contributed by atoms with E-state index in [9.17, 15) is 4.79 Å². The minimum Gasteiger partial charge on any atom is -0.320 e. The van der Waals surface area contributed by atoms with Crippen LogP contribution in [0.4, 0.5) is 5.69 Å². The average molecular weight is 277 g/mol. The fourth-order valence-corrected chi connectivity index (χ4v) is 2.55. The fraction of sp³-hybridized carbons (Fsp3) is 0. The van der Waals surface area contributed by atoms with E-state index in [1.165, 1.54) is 0 Å². The normalized spacial score (nSPS) is 21.4. The van der Waals surface area contributed by atoms with Crippen molar-refractivity contribution in [2.75, 3.05) is 5.32 Å². The number of fused-ring (bicyclic) bond motifs is 1. The van der Waals surface area contributed by atoms with E-state index in [1.807, 2.05) is 31.8 Å². The minimum absolute atomic E-state index is 0.157. The first-order valence-electron chi connectivity index (χ1n) is 5.39. The Labute approximate surface area is 116 Å². The van der Waals surface area contributed by atoms with Gasteiger partial charge in [-0.25, -0.2) is 0 Å². The second-order valence-corrected chi connectivity index (χ2v) is 4.88. The van der Waals surface area contributed by atoms with Crippen LogP contribution < -0.4 is 5.32 Å². The predicted molar refractivity (Wildman–Crippen MR) is 73.5 cm³/mol. The summed E-state index contributed by atoms with van der Waals surface area (Å²) in [6.07, 6.45) is 9.54. The van der Waals surface area contributed by atoms with Gasteiger partial charge in [0.2, 0.25) is 0 Å². The molecule has 1 saturated carbocycles. The van der Waals surface area contributed by atoms with Crippen LogP contribution in [0.1, 0.15) is 5.56 Å². The van der Waals surface area contributed by atoms with Gasteiger partial charge in [-0.15, -0.1) is 0 Å². The van der Waals surface area contributed by atoms with Crippen molar-refractivity contribution >= 4 is 40.4 Å². The summed E-state index contributed by atoms with van der Waals surface area (Å²) < 4.78 is 0. The summed E-state index contributed by atoms with van der Waals surface area (Å²) in [7, 11) is 0. The number of anilines is 1. The van der Waals surface area contributed by atoms with Gasteiger partial charge in [-0.1, -0.05) is 29.3 Å². The van der Waals surface area contributed by atoms with Gasteiger partial charge in [-0.05, 0) is 37.8 Å². The van der Waals surface area contributed by atoms with Crippen molar-refractivity contribution in [1.29, 1.82) is 0 Å². The van der Waals surface area contributed by atoms with E-state index in [4.69, 9.17) is 23.2 Å². The number of rotatable bonds is 1. The summed E-state index contributed by atoms with van der Waals surface area (Å²) in [5, 5.41) is 3.73. The maximum atomic E-state index is 11.9. The molecule has 3 rings (SSSR count). The van der Waals surface area contributed by atoms with Crippen molar-refractivity contribution in [3.05, 3.63) is 65.4 Å². The van der Waals surface area contributed by atoms with Crippen molar-refractivity contribution in [3.63, 3.8) is 0 Å². The third kappa shape index (κ3) is 2.04. The third-order valence-electron chi connectivity index (χ3n) is 2.83. The number of benzene rings is 1. The Balaban J connectivity index is 2.05. The van der Waals surface area contributed by atoms with Gasteiger partial charge >= 0.3 is 0 Å². The largest absolute Gasteiger partial charge is 0.320 e. The molecule has 0 bridgehead atoms. The Bertz CT molecular complexity index is 545. The SMILES string of the molecule is O=C1Nc2c(Cl)cc(Cl)cc2/C1=C/[C]1[CH][CH][CH][CH]1. The van der Waals surface area contributed by atoms with Crippen LogP contribution in [-0.4, -0.2) is 5.91 Å². The summed E-state index contributed by atoms with van der Waals surface area (Å²) in [6.45, 7) is 0. The summed E-state index contributed by atoms with van der Waals surface area (Å²) in [5.74, 6) is 0.819. The van der Waals surface area contributed by atoms with Crippen LogP contribution in [0.5, 0.6) is 0 Å². The van der Waals surface area contributed by atoms with Gasteiger partial charge < -0.3 is 5.32 Å². The number of hydrogen-bond donors (Lipinski definition) is 1. The fourth-order valence-electron chi connectivity index (χ4n) is 2.01. The van der Waals surface area contributed by atoms with E-state index in [2.05, 4.69) is 5.32 Å².